The molecule has 0 aliphatic heterocycles. The first-order valence-electron chi connectivity index (χ1n) is 27.1. The molecule has 0 aliphatic carbocycles. The maximum Gasteiger partial charge on any atom is 0.306 e. The first kappa shape index (κ1) is 60.6. The third-order valence-electron chi connectivity index (χ3n) is 12.2. The number of carbonyl (C=O) groups is 2. The van der Waals surface area contributed by atoms with Crippen molar-refractivity contribution in [2.75, 3.05) is 6.61 Å². The van der Waals surface area contributed by atoms with Crippen molar-refractivity contribution in [1.29, 1.82) is 0 Å². The van der Waals surface area contributed by atoms with E-state index in [-0.39, 0.29) is 24.9 Å². The van der Waals surface area contributed by atoms with E-state index < -0.39 is 18.2 Å². The fourth-order valence-corrected chi connectivity index (χ4v) is 8.08. The maximum atomic E-state index is 13.2. The van der Waals surface area contributed by atoms with Gasteiger partial charge in [-0.2, -0.15) is 0 Å². The highest BCUT2D eigenvalue weighted by molar-refractivity contribution is 5.77. The third-order valence-corrected chi connectivity index (χ3v) is 12.2. The van der Waals surface area contributed by atoms with Crippen LogP contribution >= 0.6 is 0 Å². The Morgan fingerprint density at radius 3 is 1.37 bits per heavy atom. The van der Waals surface area contributed by atoms with Crippen LogP contribution in [-0.4, -0.2) is 46.9 Å². The number of unbranched alkanes of at least 4 members (excludes halogenated alkanes) is 29. The van der Waals surface area contributed by atoms with Gasteiger partial charge in [-0.05, 0) is 70.6 Å². The molecule has 0 saturated heterocycles. The zero-order chi connectivity index (χ0) is 45.9. The predicted molar refractivity (Wildman–Crippen MR) is 273 cm³/mol. The number of amides is 1. The number of aliphatic hydroxyl groups excluding tert-OH is 2. The number of rotatable bonds is 48. The highest BCUT2D eigenvalue weighted by Crippen LogP contribution is 2.18. The molecule has 6 nitrogen and oxygen atoms in total. The van der Waals surface area contributed by atoms with Gasteiger partial charge in [0.15, 0.2) is 0 Å². The van der Waals surface area contributed by atoms with Crippen LogP contribution in [0.2, 0.25) is 0 Å². The van der Waals surface area contributed by atoms with Crippen molar-refractivity contribution in [1.82, 2.24) is 5.32 Å². The lowest BCUT2D eigenvalue weighted by atomic mass is 10.0. The van der Waals surface area contributed by atoms with E-state index in [4.69, 9.17) is 4.74 Å². The van der Waals surface area contributed by atoms with E-state index in [1.165, 1.54) is 135 Å². The molecule has 0 bridgehead atoms. The van der Waals surface area contributed by atoms with Crippen LogP contribution in [0, 0.1) is 0 Å². The van der Waals surface area contributed by atoms with Crippen molar-refractivity contribution in [2.24, 2.45) is 0 Å². The number of aliphatic hydroxyl groups is 2. The van der Waals surface area contributed by atoms with Gasteiger partial charge in [-0.1, -0.05) is 242 Å². The third kappa shape index (κ3) is 45.9. The Morgan fingerprint density at radius 2 is 0.873 bits per heavy atom. The van der Waals surface area contributed by atoms with Crippen molar-refractivity contribution in [3.05, 3.63) is 60.8 Å². The van der Waals surface area contributed by atoms with Gasteiger partial charge in [0.2, 0.25) is 5.91 Å². The second-order valence-electron chi connectivity index (χ2n) is 18.3. The Balaban J connectivity index is 4.58. The van der Waals surface area contributed by atoms with Crippen LogP contribution in [0.4, 0.5) is 0 Å². The van der Waals surface area contributed by atoms with Gasteiger partial charge in [0.1, 0.15) is 6.10 Å². The molecule has 0 spiro atoms. The summed E-state index contributed by atoms with van der Waals surface area (Å²) in [6.07, 6.45) is 62.8. The van der Waals surface area contributed by atoms with Crippen LogP contribution in [0.3, 0.4) is 0 Å². The minimum absolute atomic E-state index is 0.0504. The van der Waals surface area contributed by atoms with Crippen molar-refractivity contribution < 1.29 is 24.5 Å². The highest BCUT2D eigenvalue weighted by Gasteiger charge is 2.24. The summed E-state index contributed by atoms with van der Waals surface area (Å²) in [5.41, 5.74) is 0. The van der Waals surface area contributed by atoms with Crippen molar-refractivity contribution >= 4 is 11.9 Å². The second-order valence-corrected chi connectivity index (χ2v) is 18.3. The highest BCUT2D eigenvalue weighted by atomic mass is 16.5. The molecule has 366 valence electrons. The molecule has 0 saturated carbocycles. The number of esters is 1. The molecular weight excluding hydrogens is 779 g/mol. The summed E-state index contributed by atoms with van der Waals surface area (Å²) >= 11 is 0. The normalized spacial score (nSPS) is 13.7. The van der Waals surface area contributed by atoms with Gasteiger partial charge in [0.25, 0.3) is 0 Å². The quantitative estimate of drug-likeness (QED) is 0.0245. The lowest BCUT2D eigenvalue weighted by Crippen LogP contribution is -2.46. The summed E-state index contributed by atoms with van der Waals surface area (Å²) in [6.45, 7) is 6.34. The molecule has 0 aliphatic rings. The fourth-order valence-electron chi connectivity index (χ4n) is 8.08. The molecule has 3 unspecified atom stereocenters. The van der Waals surface area contributed by atoms with Crippen molar-refractivity contribution in [3.8, 4) is 0 Å². The summed E-state index contributed by atoms with van der Waals surface area (Å²) in [6, 6.07) is -0.716. The lowest BCUT2D eigenvalue weighted by Gasteiger charge is -2.24. The molecule has 3 atom stereocenters. The van der Waals surface area contributed by atoms with E-state index in [0.29, 0.717) is 19.3 Å². The van der Waals surface area contributed by atoms with Crippen LogP contribution in [-0.2, 0) is 14.3 Å². The van der Waals surface area contributed by atoms with Crippen LogP contribution in [0.15, 0.2) is 60.8 Å². The SMILES string of the molecule is CC/C=C/C=C/C=C\C=C/CCCCCC(=O)OC(CCCCC/C=C/CCCCCCCCC)CC(=O)NC(CO)C(O)CCCCCCCCCCCCCCCCCCC. The van der Waals surface area contributed by atoms with Gasteiger partial charge >= 0.3 is 5.97 Å². The van der Waals surface area contributed by atoms with E-state index in [1.54, 1.807) is 0 Å². The summed E-state index contributed by atoms with van der Waals surface area (Å²) in [7, 11) is 0. The van der Waals surface area contributed by atoms with Gasteiger partial charge < -0.3 is 20.3 Å². The van der Waals surface area contributed by atoms with Gasteiger partial charge in [-0.3, -0.25) is 9.59 Å². The van der Waals surface area contributed by atoms with Crippen LogP contribution in [0.5, 0.6) is 0 Å². The Hall–Kier alpha value is -2.44. The fraction of sp³-hybridized carbons (Fsp3) is 0.789. The maximum absolute atomic E-state index is 13.2. The van der Waals surface area contributed by atoms with E-state index in [9.17, 15) is 19.8 Å². The molecule has 3 N–H and O–H groups in total. The minimum Gasteiger partial charge on any atom is -0.462 e. The average Bonchev–Trinajstić information content (AvgIpc) is 3.28. The Labute approximate surface area is 390 Å². The van der Waals surface area contributed by atoms with Gasteiger partial charge in [-0.25, -0.2) is 0 Å². The smallest absolute Gasteiger partial charge is 0.306 e. The molecule has 0 radical (unpaired) electrons. The zero-order valence-corrected chi connectivity index (χ0v) is 41.7. The summed E-state index contributed by atoms with van der Waals surface area (Å²) in [5.74, 6) is -0.531. The predicted octanol–water partition coefficient (Wildman–Crippen LogP) is 16.4. The molecule has 0 heterocycles. The average molecular weight is 882 g/mol. The zero-order valence-electron chi connectivity index (χ0n) is 41.7. The number of nitrogens with one attached hydrogen (secondary N) is 1. The molecule has 0 rings (SSSR count). The van der Waals surface area contributed by atoms with E-state index >= 15 is 0 Å². The van der Waals surface area contributed by atoms with Gasteiger partial charge in [0.05, 0.1) is 25.2 Å². The monoisotopic (exact) mass is 882 g/mol. The van der Waals surface area contributed by atoms with E-state index in [2.05, 4.69) is 62.5 Å². The lowest BCUT2D eigenvalue weighted by molar-refractivity contribution is -0.151. The molecule has 0 aromatic carbocycles. The molecule has 0 fully saturated rings. The van der Waals surface area contributed by atoms with Gasteiger partial charge in [0, 0.05) is 6.42 Å². The van der Waals surface area contributed by atoms with E-state index in [1.807, 2.05) is 24.3 Å². The first-order chi connectivity index (χ1) is 31.0. The number of hydrogen-bond acceptors (Lipinski definition) is 5. The number of allylic oxidation sites excluding steroid dienone is 10. The molecule has 0 aromatic heterocycles. The molecule has 63 heavy (non-hydrogen) atoms. The molecule has 0 aromatic rings. The molecular formula is C57H103NO5. The summed E-state index contributed by atoms with van der Waals surface area (Å²) < 4.78 is 5.91. The Morgan fingerprint density at radius 1 is 0.476 bits per heavy atom. The first-order valence-corrected chi connectivity index (χ1v) is 27.1. The van der Waals surface area contributed by atoms with Crippen LogP contribution in [0.25, 0.3) is 0 Å². The minimum atomic E-state index is -0.800. The van der Waals surface area contributed by atoms with E-state index in [0.717, 1.165) is 83.5 Å². The summed E-state index contributed by atoms with van der Waals surface area (Å²) in [5, 5.41) is 23.8. The van der Waals surface area contributed by atoms with Crippen LogP contribution in [0.1, 0.15) is 265 Å². The Kier molecular flexibility index (Phi) is 48.6. The largest absolute Gasteiger partial charge is 0.462 e. The molecule has 1 amide bonds. The number of carbonyl (C=O) groups excluding carboxylic acids is 2. The van der Waals surface area contributed by atoms with Gasteiger partial charge in [-0.15, -0.1) is 0 Å². The summed E-state index contributed by atoms with van der Waals surface area (Å²) in [4.78, 5) is 26.2. The van der Waals surface area contributed by atoms with Crippen molar-refractivity contribution in [3.63, 3.8) is 0 Å². The molecule has 6 heteroatoms. The standard InChI is InChI=1S/C57H103NO5/c1-4-7-10-13-16-19-22-25-27-28-29-32-34-37-40-43-46-49-55(60)54(52-59)58-56(61)51-53(48-45-42-39-36-33-31-26-23-20-17-14-11-8-5-2)63-57(62)50-47-44-41-38-35-30-24-21-18-15-12-9-6-3/h9,12,15,18,21,24,30-31,33,35,53-55,59-60H,4-8,10-11,13-14,16-17,19-20,22-23,25-29,32,34,36-52H2,1-3H3,(H,58,61)/b12-9+,18-15+,24-21-,33-31+,35-30-. The topological polar surface area (TPSA) is 95.9 Å². The van der Waals surface area contributed by atoms with Crippen molar-refractivity contribution in [2.45, 2.75) is 283 Å². The second kappa shape index (κ2) is 50.6. The number of ether oxygens (including phenoxy) is 1. The Bertz CT molecular complexity index is 1130. The van der Waals surface area contributed by atoms with Crippen LogP contribution < -0.4 is 5.32 Å². The number of hydrogen-bond donors (Lipinski definition) is 3.